The Labute approximate surface area is 160 Å². The molecule has 2 unspecified atom stereocenters. The van der Waals surface area contributed by atoms with Gasteiger partial charge in [0.05, 0.1) is 11.7 Å². The average Bonchev–Trinajstić information content (AvgIpc) is 3.41. The molecule has 1 aromatic carbocycles. The summed E-state index contributed by atoms with van der Waals surface area (Å²) in [6.07, 6.45) is 8.32. The smallest absolute Gasteiger partial charge is 0.315 e. The fourth-order valence-corrected chi connectivity index (χ4v) is 4.38. The van der Waals surface area contributed by atoms with Crippen molar-refractivity contribution in [2.24, 2.45) is 5.41 Å². The number of allylic oxidation sites excluding steroid dienone is 1. The maximum atomic E-state index is 13.2. The zero-order valence-electron chi connectivity index (χ0n) is 14.5. The second-order valence-electron chi connectivity index (χ2n) is 7.45. The molecule has 2 atom stereocenters. The molecule has 2 aromatic rings. The number of halogens is 1. The van der Waals surface area contributed by atoms with Crippen LogP contribution in [0.3, 0.4) is 0 Å². The highest BCUT2D eigenvalue weighted by Crippen LogP contribution is 2.59. The maximum Gasteiger partial charge on any atom is 0.315 e. The number of benzene rings is 1. The van der Waals surface area contributed by atoms with E-state index >= 15 is 0 Å². The van der Waals surface area contributed by atoms with Crippen LogP contribution >= 0.6 is 11.6 Å². The molecule has 6 heteroatoms. The lowest BCUT2D eigenvalue weighted by Gasteiger charge is -2.23. The lowest BCUT2D eigenvalue weighted by Crippen LogP contribution is -2.33. The lowest BCUT2D eigenvalue weighted by molar-refractivity contribution is -0.141. The SMILES string of the molecule is O=C(O)C12C=Cc3nc4c(c(=O)n3C1C2)CCC/C4=C/c1ccc(Cl)cc1. The third kappa shape index (κ3) is 2.42. The number of rotatable bonds is 2. The van der Waals surface area contributed by atoms with Crippen molar-refractivity contribution in [1.82, 2.24) is 9.55 Å². The van der Waals surface area contributed by atoms with Gasteiger partial charge in [-0.05, 0) is 61.1 Å². The zero-order chi connectivity index (χ0) is 18.8. The second-order valence-corrected chi connectivity index (χ2v) is 7.88. The van der Waals surface area contributed by atoms with Gasteiger partial charge >= 0.3 is 5.97 Å². The predicted molar refractivity (Wildman–Crippen MR) is 104 cm³/mol. The van der Waals surface area contributed by atoms with E-state index < -0.39 is 11.4 Å². The van der Waals surface area contributed by atoms with Crippen molar-refractivity contribution in [3.8, 4) is 0 Å². The van der Waals surface area contributed by atoms with Crippen LogP contribution in [0.2, 0.25) is 5.02 Å². The van der Waals surface area contributed by atoms with Crippen LogP contribution in [0.25, 0.3) is 17.7 Å². The van der Waals surface area contributed by atoms with Crippen molar-refractivity contribution in [1.29, 1.82) is 0 Å². The molecule has 0 bridgehead atoms. The quantitative estimate of drug-likeness (QED) is 0.859. The third-order valence-corrected chi connectivity index (χ3v) is 6.08. The third-order valence-electron chi connectivity index (χ3n) is 5.83. The molecule has 1 aliphatic heterocycles. The highest BCUT2D eigenvalue weighted by atomic mass is 35.5. The first-order valence-corrected chi connectivity index (χ1v) is 9.42. The minimum Gasteiger partial charge on any atom is -0.481 e. The van der Waals surface area contributed by atoms with Gasteiger partial charge in [0.25, 0.3) is 5.56 Å². The monoisotopic (exact) mass is 380 g/mol. The Morgan fingerprint density at radius 2 is 2.07 bits per heavy atom. The van der Waals surface area contributed by atoms with Crippen LogP contribution in [0.4, 0.5) is 0 Å². The van der Waals surface area contributed by atoms with Crippen molar-refractivity contribution in [2.75, 3.05) is 0 Å². The molecule has 1 fully saturated rings. The minimum absolute atomic E-state index is 0.0887. The maximum absolute atomic E-state index is 13.2. The van der Waals surface area contributed by atoms with Crippen LogP contribution in [0.1, 0.15) is 47.9 Å². The molecule has 1 aromatic heterocycles. The number of carbonyl (C=O) groups is 1. The van der Waals surface area contributed by atoms with E-state index in [-0.39, 0.29) is 11.6 Å². The van der Waals surface area contributed by atoms with Gasteiger partial charge in [-0.3, -0.25) is 14.2 Å². The number of fused-ring (bicyclic) bond motifs is 4. The summed E-state index contributed by atoms with van der Waals surface area (Å²) in [7, 11) is 0. The van der Waals surface area contributed by atoms with Crippen molar-refractivity contribution in [3.05, 3.63) is 68.4 Å². The molecule has 0 amide bonds. The second kappa shape index (κ2) is 5.67. The number of hydrogen-bond acceptors (Lipinski definition) is 3. The number of hydrogen-bond donors (Lipinski definition) is 1. The van der Waals surface area contributed by atoms with Gasteiger partial charge in [0.2, 0.25) is 0 Å². The summed E-state index contributed by atoms with van der Waals surface area (Å²) in [5, 5.41) is 10.2. The van der Waals surface area contributed by atoms with E-state index in [0.29, 0.717) is 29.3 Å². The fourth-order valence-electron chi connectivity index (χ4n) is 4.26. The highest BCUT2D eigenvalue weighted by Gasteiger charge is 2.62. The number of carboxylic acids is 1. The van der Waals surface area contributed by atoms with Gasteiger partial charge in [0.15, 0.2) is 0 Å². The van der Waals surface area contributed by atoms with E-state index in [4.69, 9.17) is 16.6 Å². The standard InChI is InChI=1S/C21H17ClN2O3/c22-14-6-4-12(5-7-14)10-13-2-1-3-15-18(13)23-17-8-9-21(20(26)27)11-16(21)24(17)19(15)25/h4-10,16H,1-3,11H2,(H,26,27)/b13-10-. The number of carboxylic acid groups (broad SMARTS) is 1. The summed E-state index contributed by atoms with van der Waals surface area (Å²) in [5.41, 5.74) is 2.49. The summed E-state index contributed by atoms with van der Waals surface area (Å²) >= 11 is 5.96. The van der Waals surface area contributed by atoms with Gasteiger partial charge in [-0.2, -0.15) is 0 Å². The first kappa shape index (κ1) is 16.5. The van der Waals surface area contributed by atoms with Crippen LogP contribution < -0.4 is 5.56 Å². The van der Waals surface area contributed by atoms with Crippen LogP contribution in [-0.4, -0.2) is 20.6 Å². The molecule has 1 saturated carbocycles. The Hall–Kier alpha value is -2.66. The molecule has 2 heterocycles. The molecule has 3 aliphatic rings. The van der Waals surface area contributed by atoms with Gasteiger partial charge in [-0.1, -0.05) is 29.8 Å². The molecule has 0 saturated heterocycles. The van der Waals surface area contributed by atoms with Crippen LogP contribution in [0, 0.1) is 5.41 Å². The Kier molecular flexibility index (Phi) is 3.46. The number of aromatic nitrogens is 2. The Bertz CT molecular complexity index is 1100. The van der Waals surface area contributed by atoms with Gasteiger partial charge in [-0.15, -0.1) is 0 Å². The molecular weight excluding hydrogens is 364 g/mol. The minimum atomic E-state index is -0.927. The van der Waals surface area contributed by atoms with E-state index in [1.54, 1.807) is 16.7 Å². The van der Waals surface area contributed by atoms with Crippen molar-refractivity contribution >= 4 is 35.3 Å². The Morgan fingerprint density at radius 3 is 2.81 bits per heavy atom. The molecule has 2 aliphatic carbocycles. The Balaban J connectivity index is 1.63. The van der Waals surface area contributed by atoms with Crippen LogP contribution in [0.5, 0.6) is 0 Å². The molecule has 0 spiro atoms. The van der Waals surface area contributed by atoms with E-state index in [9.17, 15) is 14.7 Å². The molecule has 5 rings (SSSR count). The predicted octanol–water partition coefficient (Wildman–Crippen LogP) is 3.82. The van der Waals surface area contributed by atoms with Crippen LogP contribution in [-0.2, 0) is 11.2 Å². The van der Waals surface area contributed by atoms with Gasteiger partial charge in [-0.25, -0.2) is 4.98 Å². The van der Waals surface area contributed by atoms with Gasteiger partial charge < -0.3 is 5.11 Å². The van der Waals surface area contributed by atoms with Crippen molar-refractivity contribution < 1.29 is 9.90 Å². The molecule has 27 heavy (non-hydrogen) atoms. The summed E-state index contributed by atoms with van der Waals surface area (Å²) in [6.45, 7) is 0. The molecule has 1 N–H and O–H groups in total. The molecule has 5 nitrogen and oxygen atoms in total. The van der Waals surface area contributed by atoms with Crippen molar-refractivity contribution in [3.63, 3.8) is 0 Å². The van der Waals surface area contributed by atoms with E-state index in [1.165, 1.54) is 0 Å². The van der Waals surface area contributed by atoms with Crippen LogP contribution in [0.15, 0.2) is 35.1 Å². The summed E-state index contributed by atoms with van der Waals surface area (Å²) in [4.78, 5) is 29.5. The van der Waals surface area contributed by atoms with Gasteiger partial charge in [0, 0.05) is 10.6 Å². The first-order valence-electron chi connectivity index (χ1n) is 9.04. The lowest BCUT2D eigenvalue weighted by atomic mass is 9.90. The molecule has 0 radical (unpaired) electrons. The highest BCUT2D eigenvalue weighted by molar-refractivity contribution is 6.30. The average molecular weight is 381 g/mol. The largest absolute Gasteiger partial charge is 0.481 e. The summed E-state index contributed by atoms with van der Waals surface area (Å²) in [6, 6.07) is 7.26. The van der Waals surface area contributed by atoms with Gasteiger partial charge in [0.1, 0.15) is 11.2 Å². The topological polar surface area (TPSA) is 72.2 Å². The zero-order valence-corrected chi connectivity index (χ0v) is 15.2. The number of nitrogens with zero attached hydrogens (tertiary/aromatic N) is 2. The first-order chi connectivity index (χ1) is 13.0. The molecular formula is C21H17ClN2O3. The Morgan fingerprint density at radius 1 is 1.30 bits per heavy atom. The molecule has 136 valence electrons. The fraction of sp³-hybridized carbons (Fsp3) is 0.286. The normalized spacial score (nSPS) is 26.3. The van der Waals surface area contributed by atoms with Crippen molar-refractivity contribution in [2.45, 2.75) is 31.7 Å². The van der Waals surface area contributed by atoms with E-state index in [1.807, 2.05) is 24.3 Å². The van der Waals surface area contributed by atoms with E-state index in [0.717, 1.165) is 29.7 Å². The summed E-state index contributed by atoms with van der Waals surface area (Å²) < 4.78 is 1.60. The van der Waals surface area contributed by atoms with E-state index in [2.05, 4.69) is 6.08 Å². The summed E-state index contributed by atoms with van der Waals surface area (Å²) in [5.74, 6) is -0.315. The number of aliphatic carboxylic acids is 1.